The third kappa shape index (κ3) is 1.27. The quantitative estimate of drug-likeness (QED) is 0.686. The van der Waals surface area contributed by atoms with E-state index in [-0.39, 0.29) is 0 Å². The normalized spacial score (nSPS) is 20.3. The highest BCUT2D eigenvalue weighted by atomic mass is 16.2. The summed E-state index contributed by atoms with van der Waals surface area (Å²) in [6.07, 6.45) is 3.63. The Bertz CT molecular complexity index is 620. The van der Waals surface area contributed by atoms with Crippen LogP contribution >= 0.6 is 0 Å². The first-order valence-electron chi connectivity index (χ1n) is 6.75. The Morgan fingerprint density at radius 2 is 1.83 bits per heavy atom. The molecule has 2 aliphatic rings. The third-order valence-corrected chi connectivity index (χ3v) is 4.48. The zero-order valence-corrected chi connectivity index (χ0v) is 10.3. The van der Waals surface area contributed by atoms with Crippen LogP contribution in [-0.4, -0.2) is 11.9 Å². The number of hydrogen-bond acceptors (Lipinski definition) is 1. The fourth-order valence-corrected chi connectivity index (χ4v) is 3.71. The van der Waals surface area contributed by atoms with E-state index in [9.17, 15) is 5.02 Å². The van der Waals surface area contributed by atoms with E-state index in [1.54, 1.807) is 0 Å². The Hall–Kier alpha value is -1.54. The topological polar surface area (TPSA) is 20.2 Å². The van der Waals surface area contributed by atoms with Crippen LogP contribution in [0.4, 0.5) is 0 Å². The van der Waals surface area contributed by atoms with Gasteiger partial charge in [-0.1, -0.05) is 42.5 Å². The van der Waals surface area contributed by atoms with E-state index in [0.29, 0.717) is 5.92 Å². The van der Waals surface area contributed by atoms with E-state index >= 15 is 0 Å². The van der Waals surface area contributed by atoms with Crippen molar-refractivity contribution in [2.45, 2.75) is 25.2 Å². The Kier molecular flexibility index (Phi) is 2.15. The van der Waals surface area contributed by atoms with Gasteiger partial charge in [0.2, 0.25) is 0 Å². The maximum atomic E-state index is 10.6. The molecule has 0 amide bonds. The predicted octanol–water partition coefficient (Wildman–Crippen LogP) is 1.57. The van der Waals surface area contributed by atoms with Crippen molar-refractivity contribution in [1.82, 2.24) is 0 Å². The van der Waals surface area contributed by atoms with Crippen molar-refractivity contribution in [3.8, 4) is 0 Å². The minimum atomic E-state index is -0.439. The smallest absolute Gasteiger partial charge is 0.359 e. The molecule has 0 bridgehead atoms. The lowest BCUT2D eigenvalue weighted by Crippen LogP contribution is -2.51. The van der Waals surface area contributed by atoms with Crippen molar-refractivity contribution < 1.29 is 5.02 Å². The van der Waals surface area contributed by atoms with Crippen LogP contribution in [0.15, 0.2) is 42.5 Å². The number of fused-ring (bicyclic) bond motifs is 2. The average molecular weight is 234 g/mol. The summed E-state index contributed by atoms with van der Waals surface area (Å²) in [5.74, 6) is 0.504. The summed E-state index contributed by atoms with van der Waals surface area (Å²) in [6.45, 7) is -0.439. The Balaban J connectivity index is 2.03. The van der Waals surface area contributed by atoms with Gasteiger partial charge in [-0.15, -0.1) is 0 Å². The molecule has 1 nitrogen and oxygen atoms in total. The first-order chi connectivity index (χ1) is 8.86. The fraction of sp³-hybridized carbons (Fsp3) is 0.250. The molecule has 0 radical (unpaired) electrons. The SMILES string of the molecule is OB1c2ccccc2C2CCCc3cccc1c32. The maximum absolute atomic E-state index is 10.6. The van der Waals surface area contributed by atoms with Crippen LogP contribution in [0.2, 0.25) is 0 Å². The molecule has 2 aromatic carbocycles. The van der Waals surface area contributed by atoms with Gasteiger partial charge >= 0.3 is 6.92 Å². The van der Waals surface area contributed by atoms with Crippen molar-refractivity contribution in [2.24, 2.45) is 0 Å². The van der Waals surface area contributed by atoms with Gasteiger partial charge in [-0.2, -0.15) is 0 Å². The lowest BCUT2D eigenvalue weighted by Gasteiger charge is -2.35. The highest BCUT2D eigenvalue weighted by Gasteiger charge is 2.36. The summed E-state index contributed by atoms with van der Waals surface area (Å²) in [4.78, 5) is 0. The maximum Gasteiger partial charge on any atom is 0.359 e. The van der Waals surface area contributed by atoms with Crippen LogP contribution in [0.25, 0.3) is 0 Å². The Morgan fingerprint density at radius 3 is 2.78 bits per heavy atom. The number of rotatable bonds is 0. The number of aryl methyl sites for hydroxylation is 1. The largest absolute Gasteiger partial charge is 0.443 e. The van der Waals surface area contributed by atoms with E-state index in [1.165, 1.54) is 29.5 Å². The van der Waals surface area contributed by atoms with Crippen LogP contribution in [0, 0.1) is 0 Å². The molecule has 4 rings (SSSR count). The van der Waals surface area contributed by atoms with Gasteiger partial charge in [0.25, 0.3) is 0 Å². The van der Waals surface area contributed by atoms with Gasteiger partial charge in [-0.3, -0.25) is 0 Å². The monoisotopic (exact) mass is 234 g/mol. The predicted molar refractivity (Wildman–Crippen MR) is 74.9 cm³/mol. The molecular weight excluding hydrogens is 219 g/mol. The van der Waals surface area contributed by atoms with Crippen molar-refractivity contribution in [1.29, 1.82) is 0 Å². The molecule has 1 aliphatic heterocycles. The molecule has 0 saturated heterocycles. The highest BCUT2D eigenvalue weighted by molar-refractivity contribution is 6.80. The van der Waals surface area contributed by atoms with E-state index in [1.807, 2.05) is 6.07 Å². The molecule has 1 aliphatic carbocycles. The number of hydrogen-bond donors (Lipinski definition) is 1. The summed E-state index contributed by atoms with van der Waals surface area (Å²) < 4.78 is 0. The zero-order chi connectivity index (χ0) is 12.1. The molecule has 88 valence electrons. The third-order valence-electron chi connectivity index (χ3n) is 4.48. The number of benzene rings is 2. The van der Waals surface area contributed by atoms with Gasteiger partial charge in [0, 0.05) is 5.92 Å². The van der Waals surface area contributed by atoms with Crippen LogP contribution in [0.5, 0.6) is 0 Å². The van der Waals surface area contributed by atoms with Gasteiger partial charge in [0.15, 0.2) is 0 Å². The van der Waals surface area contributed by atoms with Crippen LogP contribution in [0.1, 0.15) is 35.4 Å². The van der Waals surface area contributed by atoms with Crippen molar-refractivity contribution in [2.75, 3.05) is 0 Å². The molecule has 1 N–H and O–H groups in total. The molecule has 0 fully saturated rings. The minimum absolute atomic E-state index is 0.439. The standard InChI is InChI=1S/C16H15BO/c18-17-14-9-2-1-7-12(14)13-8-3-5-11-6-4-10-15(17)16(11)13/h1-2,4,6-7,9-10,13,18H,3,5,8H2. The summed E-state index contributed by atoms with van der Waals surface area (Å²) in [5, 5.41) is 10.6. The van der Waals surface area contributed by atoms with Gasteiger partial charge < -0.3 is 5.02 Å². The summed E-state index contributed by atoms with van der Waals surface area (Å²) in [7, 11) is 0. The average Bonchev–Trinajstić information content (AvgIpc) is 2.44. The molecule has 1 heterocycles. The first-order valence-corrected chi connectivity index (χ1v) is 6.75. The summed E-state index contributed by atoms with van der Waals surface area (Å²) in [5.41, 5.74) is 6.43. The second-order valence-electron chi connectivity index (χ2n) is 5.40. The van der Waals surface area contributed by atoms with E-state index in [2.05, 4.69) is 36.4 Å². The lowest BCUT2D eigenvalue weighted by atomic mass is 9.47. The molecule has 1 atom stereocenters. The van der Waals surface area contributed by atoms with Gasteiger partial charge in [-0.25, -0.2) is 0 Å². The summed E-state index contributed by atoms with van der Waals surface area (Å²) in [6, 6.07) is 14.8. The second-order valence-corrected chi connectivity index (χ2v) is 5.40. The first kappa shape index (κ1) is 10.4. The van der Waals surface area contributed by atoms with E-state index < -0.39 is 6.92 Å². The van der Waals surface area contributed by atoms with Crippen molar-refractivity contribution >= 4 is 17.8 Å². The van der Waals surface area contributed by atoms with Crippen molar-refractivity contribution in [3.05, 3.63) is 59.2 Å². The molecule has 2 aromatic rings. The van der Waals surface area contributed by atoms with Crippen LogP contribution in [-0.2, 0) is 6.42 Å². The molecule has 2 heteroatoms. The lowest BCUT2D eigenvalue weighted by molar-refractivity contribution is 0.583. The molecule has 18 heavy (non-hydrogen) atoms. The fourth-order valence-electron chi connectivity index (χ4n) is 3.71. The van der Waals surface area contributed by atoms with E-state index in [0.717, 1.165) is 17.3 Å². The van der Waals surface area contributed by atoms with Crippen molar-refractivity contribution in [3.63, 3.8) is 0 Å². The molecule has 1 unspecified atom stereocenters. The van der Waals surface area contributed by atoms with Crippen LogP contribution in [0.3, 0.4) is 0 Å². The van der Waals surface area contributed by atoms with Gasteiger partial charge in [0.1, 0.15) is 0 Å². The molecule has 0 aromatic heterocycles. The summed E-state index contributed by atoms with van der Waals surface area (Å²) >= 11 is 0. The molecule has 0 spiro atoms. The zero-order valence-electron chi connectivity index (χ0n) is 10.3. The second kappa shape index (κ2) is 3.73. The van der Waals surface area contributed by atoms with E-state index in [4.69, 9.17) is 0 Å². The highest BCUT2D eigenvalue weighted by Crippen LogP contribution is 2.37. The Morgan fingerprint density at radius 1 is 1.00 bits per heavy atom. The Labute approximate surface area is 108 Å². The molecule has 0 saturated carbocycles. The minimum Gasteiger partial charge on any atom is -0.443 e. The van der Waals surface area contributed by atoms with Crippen LogP contribution < -0.4 is 10.9 Å². The van der Waals surface area contributed by atoms with Gasteiger partial charge in [-0.05, 0) is 46.9 Å². The van der Waals surface area contributed by atoms with Gasteiger partial charge in [0.05, 0.1) is 0 Å². The molecular formula is C16H15BO.